The molecule has 1 aliphatic heterocycles. The van der Waals surface area contributed by atoms with Crippen LogP contribution in [0, 0.1) is 0 Å². The fourth-order valence-electron chi connectivity index (χ4n) is 2.64. The van der Waals surface area contributed by atoms with E-state index in [0.717, 1.165) is 11.0 Å². The number of amides is 2. The van der Waals surface area contributed by atoms with Crippen molar-refractivity contribution in [1.82, 2.24) is 14.5 Å². The van der Waals surface area contributed by atoms with Crippen molar-refractivity contribution in [2.75, 3.05) is 0 Å². The zero-order valence-electron chi connectivity index (χ0n) is 11.1. The van der Waals surface area contributed by atoms with Crippen molar-refractivity contribution in [3.63, 3.8) is 0 Å². The Morgan fingerprint density at radius 3 is 2.19 bits per heavy atom. The molecule has 0 fully saturated rings. The number of carbonyl (C=O) groups is 2. The van der Waals surface area contributed by atoms with Crippen LogP contribution in [0.3, 0.4) is 0 Å². The van der Waals surface area contributed by atoms with Crippen molar-refractivity contribution in [3.8, 4) is 0 Å². The summed E-state index contributed by atoms with van der Waals surface area (Å²) < 4.78 is 1.80. The molecule has 0 spiro atoms. The summed E-state index contributed by atoms with van der Waals surface area (Å²) in [6.07, 6.45) is 1.65. The lowest BCUT2D eigenvalue weighted by Gasteiger charge is -2.15. The van der Waals surface area contributed by atoms with Crippen LogP contribution in [0.2, 0.25) is 0 Å². The molecular weight excluding hydrogens is 266 g/mol. The first-order chi connectivity index (χ1) is 10.3. The Hall–Kier alpha value is -2.95. The minimum Gasteiger partial charge on any atom is -0.311 e. The lowest BCUT2D eigenvalue weighted by atomic mass is 10.1. The van der Waals surface area contributed by atoms with Crippen LogP contribution in [-0.2, 0) is 6.67 Å². The first kappa shape index (κ1) is 11.8. The van der Waals surface area contributed by atoms with E-state index in [2.05, 4.69) is 4.98 Å². The van der Waals surface area contributed by atoms with Crippen LogP contribution in [0.15, 0.2) is 54.9 Å². The van der Waals surface area contributed by atoms with E-state index in [1.54, 1.807) is 35.2 Å². The molecule has 2 amide bonds. The number of hydrogen-bond acceptors (Lipinski definition) is 3. The summed E-state index contributed by atoms with van der Waals surface area (Å²) in [6, 6.07) is 14.5. The smallest absolute Gasteiger partial charge is 0.263 e. The molecule has 0 bridgehead atoms. The second-order valence-corrected chi connectivity index (χ2v) is 4.93. The van der Waals surface area contributed by atoms with Gasteiger partial charge in [0.15, 0.2) is 0 Å². The zero-order valence-corrected chi connectivity index (χ0v) is 11.1. The van der Waals surface area contributed by atoms with Gasteiger partial charge in [0.05, 0.1) is 28.5 Å². The number of fused-ring (bicyclic) bond motifs is 2. The van der Waals surface area contributed by atoms with Crippen LogP contribution in [0.5, 0.6) is 0 Å². The van der Waals surface area contributed by atoms with Gasteiger partial charge in [-0.05, 0) is 24.3 Å². The van der Waals surface area contributed by atoms with Crippen molar-refractivity contribution in [1.29, 1.82) is 0 Å². The minimum atomic E-state index is -0.256. The molecule has 0 N–H and O–H groups in total. The molecule has 5 heteroatoms. The molecule has 0 atom stereocenters. The van der Waals surface area contributed by atoms with Gasteiger partial charge in [-0.2, -0.15) is 0 Å². The predicted octanol–water partition coefficient (Wildman–Crippen LogP) is 2.29. The molecule has 0 radical (unpaired) electrons. The van der Waals surface area contributed by atoms with Crippen LogP contribution in [0.1, 0.15) is 20.7 Å². The van der Waals surface area contributed by atoms with E-state index in [4.69, 9.17) is 0 Å². The quantitative estimate of drug-likeness (QED) is 0.675. The molecule has 0 saturated heterocycles. The highest BCUT2D eigenvalue weighted by molar-refractivity contribution is 6.21. The summed E-state index contributed by atoms with van der Waals surface area (Å²) in [7, 11) is 0. The van der Waals surface area contributed by atoms with E-state index in [-0.39, 0.29) is 18.5 Å². The topological polar surface area (TPSA) is 55.2 Å². The van der Waals surface area contributed by atoms with Crippen LogP contribution in [-0.4, -0.2) is 26.3 Å². The molecule has 0 saturated carbocycles. The van der Waals surface area contributed by atoms with E-state index < -0.39 is 0 Å². The third-order valence-electron chi connectivity index (χ3n) is 3.70. The molecule has 2 heterocycles. The zero-order chi connectivity index (χ0) is 14.4. The molecule has 1 aliphatic rings. The number of imidazole rings is 1. The molecule has 2 aromatic carbocycles. The largest absolute Gasteiger partial charge is 0.311 e. The highest BCUT2D eigenvalue weighted by Gasteiger charge is 2.35. The standard InChI is InChI=1S/C16H11N3O2/c20-15-11-5-1-2-6-12(11)16(21)19(15)10-18-9-17-13-7-3-4-8-14(13)18/h1-9H,10H2. The fraction of sp³-hybridized carbons (Fsp3) is 0.0625. The third-order valence-corrected chi connectivity index (χ3v) is 3.70. The Kier molecular flexibility index (Phi) is 2.41. The monoisotopic (exact) mass is 277 g/mol. The number of rotatable bonds is 2. The van der Waals surface area contributed by atoms with Gasteiger partial charge in [0.25, 0.3) is 11.8 Å². The number of benzene rings is 2. The maximum absolute atomic E-state index is 12.3. The molecule has 5 nitrogen and oxygen atoms in total. The molecule has 21 heavy (non-hydrogen) atoms. The van der Waals surface area contributed by atoms with Crippen molar-refractivity contribution in [2.45, 2.75) is 6.67 Å². The highest BCUT2D eigenvalue weighted by Crippen LogP contribution is 2.23. The van der Waals surface area contributed by atoms with Crippen LogP contribution >= 0.6 is 0 Å². The molecule has 0 aliphatic carbocycles. The van der Waals surface area contributed by atoms with E-state index in [1.807, 2.05) is 24.3 Å². The second-order valence-electron chi connectivity index (χ2n) is 4.93. The van der Waals surface area contributed by atoms with Gasteiger partial charge < -0.3 is 4.57 Å². The van der Waals surface area contributed by atoms with Crippen LogP contribution in [0.4, 0.5) is 0 Å². The second kappa shape index (κ2) is 4.28. The Morgan fingerprint density at radius 2 is 1.48 bits per heavy atom. The number of hydrogen-bond donors (Lipinski definition) is 0. The van der Waals surface area contributed by atoms with E-state index in [0.29, 0.717) is 11.1 Å². The van der Waals surface area contributed by atoms with Crippen LogP contribution in [0.25, 0.3) is 11.0 Å². The van der Waals surface area contributed by atoms with Gasteiger partial charge in [-0.1, -0.05) is 24.3 Å². The predicted molar refractivity (Wildman–Crippen MR) is 76.7 cm³/mol. The minimum absolute atomic E-state index is 0.173. The Bertz CT molecular complexity index is 847. The summed E-state index contributed by atoms with van der Waals surface area (Å²) in [5.74, 6) is -0.512. The van der Waals surface area contributed by atoms with Gasteiger partial charge >= 0.3 is 0 Å². The highest BCUT2D eigenvalue weighted by atomic mass is 16.2. The molecule has 102 valence electrons. The number of para-hydroxylation sites is 2. The maximum atomic E-state index is 12.3. The summed E-state index contributed by atoms with van der Waals surface area (Å²) >= 11 is 0. The van der Waals surface area contributed by atoms with Crippen molar-refractivity contribution >= 4 is 22.8 Å². The van der Waals surface area contributed by atoms with E-state index in [1.165, 1.54) is 4.90 Å². The van der Waals surface area contributed by atoms with Crippen LogP contribution < -0.4 is 0 Å². The Morgan fingerprint density at radius 1 is 0.857 bits per heavy atom. The Labute approximate surface area is 120 Å². The molecule has 3 aromatic rings. The average Bonchev–Trinajstić information content (AvgIpc) is 3.04. The van der Waals surface area contributed by atoms with Gasteiger partial charge in [0, 0.05) is 0 Å². The Balaban J connectivity index is 1.73. The maximum Gasteiger partial charge on any atom is 0.263 e. The lowest BCUT2D eigenvalue weighted by Crippen LogP contribution is -2.31. The number of imide groups is 1. The van der Waals surface area contributed by atoms with Crippen molar-refractivity contribution in [3.05, 3.63) is 66.0 Å². The number of aromatic nitrogens is 2. The average molecular weight is 277 g/mol. The summed E-state index contributed by atoms with van der Waals surface area (Å²) in [6.45, 7) is 0.173. The fourth-order valence-corrected chi connectivity index (χ4v) is 2.64. The lowest BCUT2D eigenvalue weighted by molar-refractivity contribution is 0.0608. The van der Waals surface area contributed by atoms with Crippen molar-refractivity contribution in [2.24, 2.45) is 0 Å². The summed E-state index contributed by atoms with van der Waals surface area (Å²) in [5, 5.41) is 0. The first-order valence-electron chi connectivity index (χ1n) is 6.61. The van der Waals surface area contributed by atoms with E-state index in [9.17, 15) is 9.59 Å². The normalized spacial score (nSPS) is 14.0. The van der Waals surface area contributed by atoms with Crippen molar-refractivity contribution < 1.29 is 9.59 Å². The third kappa shape index (κ3) is 1.67. The van der Waals surface area contributed by atoms with E-state index >= 15 is 0 Å². The van der Waals surface area contributed by atoms with Gasteiger partial charge in [-0.3, -0.25) is 14.5 Å². The van der Waals surface area contributed by atoms with Gasteiger partial charge in [-0.25, -0.2) is 4.98 Å². The van der Waals surface area contributed by atoms with Gasteiger partial charge in [0.2, 0.25) is 0 Å². The van der Waals surface area contributed by atoms with Gasteiger partial charge in [-0.15, -0.1) is 0 Å². The molecule has 1 aromatic heterocycles. The number of nitrogens with zero attached hydrogens (tertiary/aromatic N) is 3. The molecular formula is C16H11N3O2. The number of carbonyl (C=O) groups excluding carboxylic acids is 2. The summed E-state index contributed by atoms with van der Waals surface area (Å²) in [4.78, 5) is 30.2. The summed E-state index contributed by atoms with van der Waals surface area (Å²) in [5.41, 5.74) is 2.67. The first-order valence-corrected chi connectivity index (χ1v) is 6.61. The molecule has 0 unspecified atom stereocenters. The SMILES string of the molecule is O=C1c2ccccc2C(=O)N1Cn1cnc2ccccc21. The molecule has 4 rings (SSSR count). The van der Waals surface area contributed by atoms with Gasteiger partial charge in [0.1, 0.15) is 6.67 Å².